The van der Waals surface area contributed by atoms with Gasteiger partial charge in [-0.2, -0.15) is 0 Å². The SMILES string of the molecule is COc1ccc(CC(=O)OCC(=O)NC(=O)Nc2cccc(C)c2C)cc1F. The summed E-state index contributed by atoms with van der Waals surface area (Å²) in [5.41, 5.74) is 2.82. The molecule has 2 aromatic carbocycles. The highest BCUT2D eigenvalue weighted by molar-refractivity contribution is 6.02. The Morgan fingerprint density at radius 1 is 1.11 bits per heavy atom. The number of nitrogens with one attached hydrogen (secondary N) is 2. The first-order valence-electron chi connectivity index (χ1n) is 8.45. The summed E-state index contributed by atoms with van der Waals surface area (Å²) in [6.45, 7) is 3.12. The van der Waals surface area contributed by atoms with Gasteiger partial charge in [0.2, 0.25) is 0 Å². The Morgan fingerprint density at radius 2 is 1.86 bits per heavy atom. The van der Waals surface area contributed by atoms with Crippen molar-refractivity contribution in [3.05, 3.63) is 58.9 Å². The average molecular weight is 388 g/mol. The largest absolute Gasteiger partial charge is 0.494 e. The minimum atomic E-state index is -0.780. The third-order valence-electron chi connectivity index (χ3n) is 4.03. The molecule has 7 nitrogen and oxygen atoms in total. The lowest BCUT2D eigenvalue weighted by molar-refractivity contribution is -0.147. The molecule has 0 saturated carbocycles. The highest BCUT2D eigenvalue weighted by Gasteiger charge is 2.13. The summed E-state index contributed by atoms with van der Waals surface area (Å²) < 4.78 is 23.2. The van der Waals surface area contributed by atoms with Crippen molar-refractivity contribution in [3.63, 3.8) is 0 Å². The monoisotopic (exact) mass is 388 g/mol. The van der Waals surface area contributed by atoms with Crippen LogP contribution in [0.5, 0.6) is 5.75 Å². The van der Waals surface area contributed by atoms with E-state index < -0.39 is 30.3 Å². The molecule has 0 heterocycles. The van der Waals surface area contributed by atoms with E-state index in [2.05, 4.69) is 10.6 Å². The van der Waals surface area contributed by atoms with Crippen LogP contribution >= 0.6 is 0 Å². The minimum Gasteiger partial charge on any atom is -0.494 e. The molecule has 0 aromatic heterocycles. The number of hydrogen-bond donors (Lipinski definition) is 2. The predicted octanol–water partition coefficient (Wildman–Crippen LogP) is 2.89. The van der Waals surface area contributed by atoms with E-state index in [0.29, 0.717) is 11.3 Å². The standard InChI is InChI=1S/C20H21FN2O5/c1-12-5-4-6-16(13(12)2)22-20(26)23-18(24)11-28-19(25)10-14-7-8-17(27-3)15(21)9-14/h4-9H,10-11H2,1-3H3,(H2,22,23,24,26). The fraction of sp³-hybridized carbons (Fsp3) is 0.250. The number of halogens is 1. The molecule has 148 valence electrons. The molecule has 0 spiro atoms. The topological polar surface area (TPSA) is 93.7 Å². The van der Waals surface area contributed by atoms with Crippen LogP contribution in [0.2, 0.25) is 0 Å². The van der Waals surface area contributed by atoms with Crippen LogP contribution in [0.25, 0.3) is 0 Å². The number of amides is 3. The van der Waals surface area contributed by atoms with Gasteiger partial charge in [-0.25, -0.2) is 9.18 Å². The van der Waals surface area contributed by atoms with Crippen LogP contribution < -0.4 is 15.4 Å². The molecule has 0 radical (unpaired) electrons. The van der Waals surface area contributed by atoms with Crippen molar-refractivity contribution in [1.29, 1.82) is 0 Å². The molecular weight excluding hydrogens is 367 g/mol. The second-order valence-electron chi connectivity index (χ2n) is 6.06. The Morgan fingerprint density at radius 3 is 2.54 bits per heavy atom. The van der Waals surface area contributed by atoms with E-state index >= 15 is 0 Å². The van der Waals surface area contributed by atoms with Crippen LogP contribution in [-0.2, 0) is 20.7 Å². The summed E-state index contributed by atoms with van der Waals surface area (Å²) in [6.07, 6.45) is -0.219. The summed E-state index contributed by atoms with van der Waals surface area (Å²) >= 11 is 0. The van der Waals surface area contributed by atoms with Gasteiger partial charge in [0.25, 0.3) is 5.91 Å². The van der Waals surface area contributed by atoms with Gasteiger partial charge < -0.3 is 14.8 Å². The molecule has 3 amide bonds. The molecule has 2 rings (SSSR count). The number of aryl methyl sites for hydroxylation is 1. The summed E-state index contributed by atoms with van der Waals surface area (Å²) in [7, 11) is 1.33. The summed E-state index contributed by atoms with van der Waals surface area (Å²) in [5, 5.41) is 4.64. The molecule has 0 aliphatic carbocycles. The molecule has 28 heavy (non-hydrogen) atoms. The fourth-order valence-electron chi connectivity index (χ4n) is 2.39. The molecule has 0 atom stereocenters. The highest BCUT2D eigenvalue weighted by atomic mass is 19.1. The summed E-state index contributed by atoms with van der Waals surface area (Å²) in [5.74, 6) is -2.05. The zero-order chi connectivity index (χ0) is 20.7. The van der Waals surface area contributed by atoms with Crippen molar-refractivity contribution in [2.45, 2.75) is 20.3 Å². The third kappa shape index (κ3) is 5.80. The lowest BCUT2D eigenvalue weighted by Crippen LogP contribution is -2.37. The summed E-state index contributed by atoms with van der Waals surface area (Å²) in [4.78, 5) is 35.4. The van der Waals surface area contributed by atoms with Crippen LogP contribution in [0.15, 0.2) is 36.4 Å². The van der Waals surface area contributed by atoms with E-state index in [1.165, 1.54) is 19.2 Å². The van der Waals surface area contributed by atoms with Crippen LogP contribution in [-0.4, -0.2) is 31.6 Å². The maximum absolute atomic E-state index is 13.6. The fourth-order valence-corrected chi connectivity index (χ4v) is 2.39. The molecule has 0 aliphatic rings. The van der Waals surface area contributed by atoms with Crippen molar-refractivity contribution in [2.24, 2.45) is 0 Å². The Bertz CT molecular complexity index is 898. The van der Waals surface area contributed by atoms with Crippen molar-refractivity contribution in [3.8, 4) is 5.75 Å². The highest BCUT2D eigenvalue weighted by Crippen LogP contribution is 2.18. The van der Waals surface area contributed by atoms with Crippen molar-refractivity contribution in [2.75, 3.05) is 19.0 Å². The quantitative estimate of drug-likeness (QED) is 0.742. The maximum atomic E-state index is 13.6. The number of carbonyl (C=O) groups is 3. The molecule has 0 aliphatic heterocycles. The van der Waals surface area contributed by atoms with Crippen LogP contribution in [0.1, 0.15) is 16.7 Å². The number of benzene rings is 2. The van der Waals surface area contributed by atoms with E-state index in [-0.39, 0.29) is 12.2 Å². The van der Waals surface area contributed by atoms with Crippen LogP contribution in [0, 0.1) is 19.7 Å². The molecule has 0 fully saturated rings. The predicted molar refractivity (Wildman–Crippen MR) is 101 cm³/mol. The smallest absolute Gasteiger partial charge is 0.325 e. The Balaban J connectivity index is 1.79. The molecule has 8 heteroatoms. The van der Waals surface area contributed by atoms with E-state index in [4.69, 9.17) is 9.47 Å². The lowest BCUT2D eigenvalue weighted by atomic mass is 10.1. The maximum Gasteiger partial charge on any atom is 0.325 e. The number of hydrogen-bond acceptors (Lipinski definition) is 5. The number of imide groups is 1. The van der Waals surface area contributed by atoms with Crippen molar-refractivity contribution >= 4 is 23.6 Å². The zero-order valence-electron chi connectivity index (χ0n) is 15.8. The van der Waals surface area contributed by atoms with Gasteiger partial charge in [0, 0.05) is 5.69 Å². The van der Waals surface area contributed by atoms with Gasteiger partial charge in [-0.15, -0.1) is 0 Å². The van der Waals surface area contributed by atoms with E-state index in [1.807, 2.05) is 19.9 Å². The first-order chi connectivity index (χ1) is 13.3. The molecule has 0 bridgehead atoms. The van der Waals surface area contributed by atoms with Gasteiger partial charge in [0.15, 0.2) is 18.2 Å². The second kappa shape index (κ2) is 9.50. The number of methoxy groups -OCH3 is 1. The number of anilines is 1. The Kier molecular flexibility index (Phi) is 7.08. The number of esters is 1. The zero-order valence-corrected chi connectivity index (χ0v) is 15.8. The number of carbonyl (C=O) groups excluding carboxylic acids is 3. The first kappa shape index (κ1) is 20.9. The third-order valence-corrected chi connectivity index (χ3v) is 4.03. The van der Waals surface area contributed by atoms with Gasteiger partial charge in [0.1, 0.15) is 0 Å². The number of urea groups is 1. The normalized spacial score (nSPS) is 10.1. The van der Waals surface area contributed by atoms with Crippen LogP contribution in [0.4, 0.5) is 14.9 Å². The number of rotatable bonds is 6. The van der Waals surface area contributed by atoms with Crippen LogP contribution in [0.3, 0.4) is 0 Å². The van der Waals surface area contributed by atoms with Gasteiger partial charge in [0.05, 0.1) is 13.5 Å². The molecule has 0 saturated heterocycles. The van der Waals surface area contributed by atoms with Crippen molar-refractivity contribution in [1.82, 2.24) is 5.32 Å². The van der Waals surface area contributed by atoms with Gasteiger partial charge in [-0.3, -0.25) is 14.9 Å². The van der Waals surface area contributed by atoms with Gasteiger partial charge in [-0.1, -0.05) is 18.2 Å². The van der Waals surface area contributed by atoms with E-state index in [1.54, 1.807) is 12.1 Å². The van der Waals surface area contributed by atoms with E-state index in [0.717, 1.165) is 17.2 Å². The van der Waals surface area contributed by atoms with Gasteiger partial charge >= 0.3 is 12.0 Å². The minimum absolute atomic E-state index is 0.0614. The Labute approximate surface area is 161 Å². The second-order valence-corrected chi connectivity index (χ2v) is 6.06. The average Bonchev–Trinajstić information content (AvgIpc) is 2.64. The summed E-state index contributed by atoms with van der Waals surface area (Å²) in [6, 6.07) is 8.72. The Hall–Kier alpha value is -3.42. The lowest BCUT2D eigenvalue weighted by Gasteiger charge is -2.11. The molecule has 2 N–H and O–H groups in total. The van der Waals surface area contributed by atoms with E-state index in [9.17, 15) is 18.8 Å². The first-order valence-corrected chi connectivity index (χ1v) is 8.45. The van der Waals surface area contributed by atoms with Crippen molar-refractivity contribution < 1.29 is 28.2 Å². The molecular formula is C20H21FN2O5. The number of ether oxygens (including phenoxy) is 2. The molecule has 0 unspecified atom stereocenters. The molecule has 2 aromatic rings. The van der Waals surface area contributed by atoms with Gasteiger partial charge in [-0.05, 0) is 48.7 Å².